The van der Waals surface area contributed by atoms with Crippen molar-refractivity contribution in [2.24, 2.45) is 0 Å². The van der Waals surface area contributed by atoms with Crippen molar-refractivity contribution >= 4 is 47.1 Å². The van der Waals surface area contributed by atoms with Crippen LogP contribution in [0.25, 0.3) is 11.8 Å². The number of tetrazole rings is 1. The second-order valence-corrected chi connectivity index (χ2v) is 11.1. The molecule has 0 unspecified atom stereocenters. The standard InChI is InChI=1S/C29H31ClFN7O6/c1-29(2,3)44-28(42)18-4-6-19(7-5-18)33-27(41)22(16-25(40)37-12-14-43-15-13-37)34-24(39)11-8-20-23(38-17-32-35-36-38)10-9-21(30)26(20)31/h4-11,17,22H,12-16H2,1-3H3,(H,33,41)(H,34,39)/b11-8+/t22-/m0/s1. The Labute approximate surface area is 257 Å². The first-order valence-electron chi connectivity index (χ1n) is 13.6. The van der Waals surface area contributed by atoms with Gasteiger partial charge in [0.25, 0.3) is 0 Å². The number of hydrogen-bond acceptors (Lipinski definition) is 9. The lowest BCUT2D eigenvalue weighted by Gasteiger charge is -2.28. The van der Waals surface area contributed by atoms with Crippen molar-refractivity contribution in [2.75, 3.05) is 31.6 Å². The smallest absolute Gasteiger partial charge is 0.338 e. The number of morpholine rings is 1. The number of halogens is 2. The molecule has 2 aromatic carbocycles. The normalized spacial score (nSPS) is 14.2. The molecule has 1 atom stereocenters. The van der Waals surface area contributed by atoms with Crippen LogP contribution in [0.2, 0.25) is 5.02 Å². The van der Waals surface area contributed by atoms with Crippen LogP contribution in [-0.4, -0.2) is 86.7 Å². The van der Waals surface area contributed by atoms with Crippen molar-refractivity contribution in [3.63, 3.8) is 0 Å². The molecule has 0 aliphatic carbocycles. The zero-order chi connectivity index (χ0) is 31.9. The molecule has 1 aromatic heterocycles. The molecule has 4 rings (SSSR count). The first kappa shape index (κ1) is 32.2. The van der Waals surface area contributed by atoms with E-state index in [0.717, 1.165) is 6.08 Å². The van der Waals surface area contributed by atoms with E-state index in [-0.39, 0.29) is 34.2 Å². The molecule has 232 valence electrons. The molecule has 0 spiro atoms. The molecule has 2 heterocycles. The Morgan fingerprint density at radius 1 is 1.11 bits per heavy atom. The quantitative estimate of drug-likeness (QED) is 0.269. The number of carbonyl (C=O) groups excluding carboxylic acids is 4. The van der Waals surface area contributed by atoms with E-state index >= 15 is 0 Å². The Morgan fingerprint density at radius 3 is 2.45 bits per heavy atom. The van der Waals surface area contributed by atoms with Crippen LogP contribution in [-0.2, 0) is 23.9 Å². The van der Waals surface area contributed by atoms with Gasteiger partial charge in [0.05, 0.1) is 35.9 Å². The van der Waals surface area contributed by atoms with Crippen LogP contribution < -0.4 is 10.6 Å². The van der Waals surface area contributed by atoms with Gasteiger partial charge in [-0.15, -0.1) is 5.10 Å². The SMILES string of the molecule is CC(C)(C)OC(=O)c1ccc(NC(=O)[C@H](CC(=O)N2CCOCC2)NC(=O)/C=C/c2c(-n3cnnn3)ccc(Cl)c2F)cc1. The summed E-state index contributed by atoms with van der Waals surface area (Å²) in [5.41, 5.74) is 0.0700. The molecule has 3 aromatic rings. The summed E-state index contributed by atoms with van der Waals surface area (Å²) in [4.78, 5) is 53.2. The molecule has 1 aliphatic rings. The van der Waals surface area contributed by atoms with Crippen LogP contribution in [0.3, 0.4) is 0 Å². The Kier molecular flexibility index (Phi) is 10.4. The first-order chi connectivity index (χ1) is 20.9. The van der Waals surface area contributed by atoms with Crippen LogP contribution in [0.4, 0.5) is 10.1 Å². The lowest BCUT2D eigenvalue weighted by atomic mass is 10.1. The van der Waals surface area contributed by atoms with Crippen molar-refractivity contribution in [3.8, 4) is 5.69 Å². The number of nitrogens with one attached hydrogen (secondary N) is 2. The van der Waals surface area contributed by atoms with Crippen LogP contribution in [0.1, 0.15) is 43.1 Å². The highest BCUT2D eigenvalue weighted by atomic mass is 35.5. The van der Waals surface area contributed by atoms with Crippen LogP contribution in [0, 0.1) is 5.82 Å². The van der Waals surface area contributed by atoms with Gasteiger partial charge in [-0.05, 0) is 73.7 Å². The molecular formula is C29H31ClFN7O6. The second kappa shape index (κ2) is 14.2. The molecule has 13 nitrogen and oxygen atoms in total. The number of carbonyl (C=O) groups is 4. The summed E-state index contributed by atoms with van der Waals surface area (Å²) >= 11 is 5.95. The van der Waals surface area contributed by atoms with Gasteiger partial charge < -0.3 is 25.0 Å². The second-order valence-electron chi connectivity index (χ2n) is 10.7. The molecule has 15 heteroatoms. The molecule has 1 saturated heterocycles. The number of ether oxygens (including phenoxy) is 2. The highest BCUT2D eigenvalue weighted by Crippen LogP contribution is 2.25. The lowest BCUT2D eigenvalue weighted by Crippen LogP contribution is -2.48. The van der Waals surface area contributed by atoms with Crippen molar-refractivity contribution in [3.05, 3.63) is 70.8 Å². The Balaban J connectivity index is 1.51. The van der Waals surface area contributed by atoms with Gasteiger partial charge in [-0.2, -0.15) is 4.68 Å². The predicted molar refractivity (Wildman–Crippen MR) is 157 cm³/mol. The van der Waals surface area contributed by atoms with E-state index in [1.807, 2.05) is 0 Å². The van der Waals surface area contributed by atoms with Crippen molar-refractivity contribution in [1.29, 1.82) is 0 Å². The molecule has 1 aliphatic heterocycles. The number of nitrogens with zero attached hydrogens (tertiary/aromatic N) is 5. The van der Waals surface area contributed by atoms with Crippen LogP contribution >= 0.6 is 11.6 Å². The molecule has 0 radical (unpaired) electrons. The fraction of sp³-hybridized carbons (Fsp3) is 0.345. The number of rotatable bonds is 9. The largest absolute Gasteiger partial charge is 0.456 e. The van der Waals surface area contributed by atoms with Crippen molar-refractivity contribution in [2.45, 2.75) is 38.8 Å². The molecule has 2 N–H and O–H groups in total. The zero-order valence-corrected chi connectivity index (χ0v) is 25.0. The van der Waals surface area contributed by atoms with E-state index in [1.54, 1.807) is 25.7 Å². The summed E-state index contributed by atoms with van der Waals surface area (Å²) in [6, 6.07) is 7.48. The summed E-state index contributed by atoms with van der Waals surface area (Å²) < 4.78 is 26.8. The van der Waals surface area contributed by atoms with Crippen molar-refractivity contribution in [1.82, 2.24) is 30.4 Å². The number of benzene rings is 2. The van der Waals surface area contributed by atoms with E-state index in [9.17, 15) is 23.6 Å². The monoisotopic (exact) mass is 627 g/mol. The average molecular weight is 628 g/mol. The fourth-order valence-electron chi connectivity index (χ4n) is 4.15. The van der Waals surface area contributed by atoms with Crippen LogP contribution in [0.15, 0.2) is 48.8 Å². The third-order valence-electron chi connectivity index (χ3n) is 6.27. The van der Waals surface area contributed by atoms with Gasteiger partial charge in [0.2, 0.25) is 17.7 Å². The lowest BCUT2D eigenvalue weighted by molar-refractivity contribution is -0.137. The minimum absolute atomic E-state index is 0.0737. The molecular weight excluding hydrogens is 597 g/mol. The maximum atomic E-state index is 14.9. The van der Waals surface area contributed by atoms with Gasteiger partial charge in [0, 0.05) is 30.4 Å². The Bertz CT molecular complexity index is 1530. The first-order valence-corrected chi connectivity index (χ1v) is 14.0. The molecule has 44 heavy (non-hydrogen) atoms. The number of esters is 1. The summed E-state index contributed by atoms with van der Waals surface area (Å²) in [6.07, 6.45) is 3.08. The maximum absolute atomic E-state index is 14.9. The highest BCUT2D eigenvalue weighted by Gasteiger charge is 2.27. The summed E-state index contributed by atoms with van der Waals surface area (Å²) in [5.74, 6) is -3.15. The van der Waals surface area contributed by atoms with Crippen LogP contribution in [0.5, 0.6) is 0 Å². The van der Waals surface area contributed by atoms with E-state index < -0.39 is 35.2 Å². The van der Waals surface area contributed by atoms with Gasteiger partial charge in [0.1, 0.15) is 18.0 Å². The van der Waals surface area contributed by atoms with Gasteiger partial charge in [-0.3, -0.25) is 14.4 Å². The van der Waals surface area contributed by atoms with E-state index in [0.29, 0.717) is 32.0 Å². The highest BCUT2D eigenvalue weighted by molar-refractivity contribution is 6.31. The van der Waals surface area contributed by atoms with Gasteiger partial charge >= 0.3 is 5.97 Å². The fourth-order valence-corrected chi connectivity index (χ4v) is 4.31. The van der Waals surface area contributed by atoms with Gasteiger partial charge in [-0.1, -0.05) is 11.6 Å². The van der Waals surface area contributed by atoms with Crippen molar-refractivity contribution < 1.29 is 33.0 Å². The number of aromatic nitrogens is 4. The molecule has 0 saturated carbocycles. The zero-order valence-electron chi connectivity index (χ0n) is 24.3. The Hall–Kier alpha value is -4.69. The molecule has 3 amide bonds. The number of amides is 3. The minimum atomic E-state index is -1.30. The number of hydrogen-bond donors (Lipinski definition) is 2. The topological polar surface area (TPSA) is 158 Å². The average Bonchev–Trinajstić information content (AvgIpc) is 3.52. The Morgan fingerprint density at radius 2 is 1.82 bits per heavy atom. The minimum Gasteiger partial charge on any atom is -0.456 e. The van der Waals surface area contributed by atoms with Gasteiger partial charge in [-0.25, -0.2) is 9.18 Å². The van der Waals surface area contributed by atoms with E-state index in [4.69, 9.17) is 21.1 Å². The third kappa shape index (κ3) is 8.67. The summed E-state index contributed by atoms with van der Waals surface area (Å²) in [5, 5.41) is 15.8. The molecule has 0 bridgehead atoms. The summed E-state index contributed by atoms with van der Waals surface area (Å²) in [6.45, 7) is 6.66. The van der Waals surface area contributed by atoms with Gasteiger partial charge in [0.15, 0.2) is 5.82 Å². The van der Waals surface area contributed by atoms with E-state index in [2.05, 4.69) is 26.2 Å². The third-order valence-corrected chi connectivity index (χ3v) is 6.56. The predicted octanol–water partition coefficient (Wildman–Crippen LogP) is 2.80. The summed E-state index contributed by atoms with van der Waals surface area (Å²) in [7, 11) is 0. The van der Waals surface area contributed by atoms with E-state index in [1.165, 1.54) is 53.5 Å². The number of anilines is 1. The molecule has 1 fully saturated rings. The maximum Gasteiger partial charge on any atom is 0.338 e.